The number of carbonyl (C=O) groups excluding carboxylic acids is 2. The fourth-order valence-electron chi connectivity index (χ4n) is 1.74. The molecule has 1 amide bonds. The molecule has 20 heavy (non-hydrogen) atoms. The van der Waals surface area contributed by atoms with Gasteiger partial charge in [-0.2, -0.15) is 5.26 Å². The maximum atomic E-state index is 11.7. The lowest BCUT2D eigenvalue weighted by molar-refractivity contribution is -0.140. The number of methoxy groups -OCH3 is 1. The molecule has 0 spiro atoms. The fourth-order valence-corrected chi connectivity index (χ4v) is 1.74. The zero-order valence-corrected chi connectivity index (χ0v) is 11.5. The lowest BCUT2D eigenvalue weighted by atomic mass is 10.1. The van der Waals surface area contributed by atoms with E-state index in [-0.39, 0.29) is 11.9 Å². The third-order valence-corrected chi connectivity index (χ3v) is 2.83. The predicted octanol–water partition coefficient (Wildman–Crippen LogP) is 2.62. The van der Waals surface area contributed by atoms with Crippen LogP contribution in [-0.4, -0.2) is 19.0 Å². The number of carbonyl (C=O) groups is 2. The summed E-state index contributed by atoms with van der Waals surface area (Å²) in [5, 5.41) is 11.6. The van der Waals surface area contributed by atoms with Gasteiger partial charge in [0.15, 0.2) is 0 Å². The van der Waals surface area contributed by atoms with E-state index in [1.807, 2.05) is 6.07 Å². The minimum atomic E-state index is -0.225. The van der Waals surface area contributed by atoms with Crippen LogP contribution >= 0.6 is 0 Å². The number of benzene rings is 1. The van der Waals surface area contributed by atoms with Gasteiger partial charge in [0, 0.05) is 12.8 Å². The summed E-state index contributed by atoms with van der Waals surface area (Å²) in [6.45, 7) is 0. The summed E-state index contributed by atoms with van der Waals surface area (Å²) in [6.07, 6.45) is 2.98. The van der Waals surface area contributed by atoms with Crippen LogP contribution in [0.4, 0.5) is 5.69 Å². The number of nitrogens with one attached hydrogen (secondary N) is 1. The van der Waals surface area contributed by atoms with Crippen LogP contribution in [0.25, 0.3) is 0 Å². The lowest BCUT2D eigenvalue weighted by Crippen LogP contribution is -2.12. The van der Waals surface area contributed by atoms with E-state index in [2.05, 4.69) is 10.1 Å². The minimum absolute atomic E-state index is 0.120. The van der Waals surface area contributed by atoms with Gasteiger partial charge in [0.25, 0.3) is 0 Å². The molecule has 0 atom stereocenters. The van der Waals surface area contributed by atoms with E-state index < -0.39 is 0 Å². The number of ether oxygens (including phenoxy) is 1. The van der Waals surface area contributed by atoms with Crippen molar-refractivity contribution >= 4 is 17.6 Å². The van der Waals surface area contributed by atoms with Gasteiger partial charge in [-0.3, -0.25) is 9.59 Å². The van der Waals surface area contributed by atoms with Gasteiger partial charge in [0.2, 0.25) is 5.91 Å². The Morgan fingerprint density at radius 3 is 2.60 bits per heavy atom. The molecule has 0 heterocycles. The third kappa shape index (κ3) is 5.53. The zero-order chi connectivity index (χ0) is 14.8. The molecular formula is C15H18N2O3. The van der Waals surface area contributed by atoms with Crippen molar-refractivity contribution in [2.24, 2.45) is 0 Å². The second kappa shape index (κ2) is 8.70. The highest BCUT2D eigenvalue weighted by molar-refractivity contribution is 5.92. The molecule has 0 radical (unpaired) electrons. The SMILES string of the molecule is COC(=O)CCCCCC(=O)Nc1ccccc1C#N. The van der Waals surface area contributed by atoms with E-state index in [1.165, 1.54) is 7.11 Å². The van der Waals surface area contributed by atoms with Crippen molar-refractivity contribution in [3.63, 3.8) is 0 Å². The molecule has 0 saturated heterocycles. The third-order valence-electron chi connectivity index (χ3n) is 2.83. The first-order valence-corrected chi connectivity index (χ1v) is 6.53. The predicted molar refractivity (Wildman–Crippen MR) is 74.9 cm³/mol. The van der Waals surface area contributed by atoms with Crippen molar-refractivity contribution in [2.45, 2.75) is 32.1 Å². The molecular weight excluding hydrogens is 256 g/mol. The highest BCUT2D eigenvalue weighted by atomic mass is 16.5. The molecule has 0 aliphatic rings. The number of nitrogens with zero attached hydrogens (tertiary/aromatic N) is 1. The summed E-state index contributed by atoms with van der Waals surface area (Å²) in [7, 11) is 1.36. The number of para-hydroxylation sites is 1. The van der Waals surface area contributed by atoms with Crippen molar-refractivity contribution < 1.29 is 14.3 Å². The molecule has 0 unspecified atom stereocenters. The number of rotatable bonds is 7. The molecule has 5 heteroatoms. The summed E-state index contributed by atoms with van der Waals surface area (Å²) in [5.41, 5.74) is 0.987. The van der Waals surface area contributed by atoms with Gasteiger partial charge >= 0.3 is 5.97 Å². The van der Waals surface area contributed by atoms with Gasteiger partial charge in [-0.05, 0) is 25.0 Å². The van der Waals surface area contributed by atoms with Crippen LogP contribution in [0, 0.1) is 11.3 Å². The normalized spacial score (nSPS) is 9.60. The number of esters is 1. The smallest absolute Gasteiger partial charge is 0.305 e. The molecule has 0 aromatic heterocycles. The van der Waals surface area contributed by atoms with Gasteiger partial charge in [0.1, 0.15) is 6.07 Å². The Labute approximate surface area is 118 Å². The van der Waals surface area contributed by atoms with Crippen LogP contribution in [0.2, 0.25) is 0 Å². The molecule has 0 bridgehead atoms. The van der Waals surface area contributed by atoms with Gasteiger partial charge in [-0.15, -0.1) is 0 Å². The van der Waals surface area contributed by atoms with E-state index in [4.69, 9.17) is 5.26 Å². The Morgan fingerprint density at radius 2 is 1.90 bits per heavy atom. The van der Waals surface area contributed by atoms with E-state index >= 15 is 0 Å². The highest BCUT2D eigenvalue weighted by Gasteiger charge is 2.06. The van der Waals surface area contributed by atoms with Crippen LogP contribution in [0.3, 0.4) is 0 Å². The molecule has 1 aromatic rings. The van der Waals surface area contributed by atoms with Crippen molar-refractivity contribution in [1.29, 1.82) is 5.26 Å². The lowest BCUT2D eigenvalue weighted by Gasteiger charge is -2.06. The molecule has 1 N–H and O–H groups in total. The van der Waals surface area contributed by atoms with Gasteiger partial charge in [-0.25, -0.2) is 0 Å². The first-order chi connectivity index (χ1) is 9.67. The average molecular weight is 274 g/mol. The number of hydrogen-bond acceptors (Lipinski definition) is 4. The number of nitriles is 1. The van der Waals surface area contributed by atoms with Crippen molar-refractivity contribution in [1.82, 2.24) is 0 Å². The van der Waals surface area contributed by atoms with Crippen LogP contribution in [-0.2, 0) is 14.3 Å². The summed E-state index contributed by atoms with van der Waals surface area (Å²) >= 11 is 0. The van der Waals surface area contributed by atoms with Crippen LogP contribution in [0.1, 0.15) is 37.7 Å². The number of hydrogen-bond donors (Lipinski definition) is 1. The monoisotopic (exact) mass is 274 g/mol. The van der Waals surface area contributed by atoms with Gasteiger partial charge in [-0.1, -0.05) is 18.6 Å². The van der Waals surface area contributed by atoms with Crippen LogP contribution in [0.15, 0.2) is 24.3 Å². The number of amides is 1. The Balaban J connectivity index is 2.27. The maximum Gasteiger partial charge on any atom is 0.305 e. The second-order valence-corrected chi connectivity index (χ2v) is 4.34. The van der Waals surface area contributed by atoms with Gasteiger partial charge in [0.05, 0.1) is 18.4 Å². The van der Waals surface area contributed by atoms with Crippen molar-refractivity contribution in [2.75, 3.05) is 12.4 Å². The Bertz CT molecular complexity index is 506. The van der Waals surface area contributed by atoms with E-state index in [0.717, 1.165) is 6.42 Å². The first kappa shape index (κ1) is 15.7. The largest absolute Gasteiger partial charge is 0.469 e. The number of anilines is 1. The molecule has 0 aliphatic carbocycles. The molecule has 1 rings (SSSR count). The molecule has 0 fully saturated rings. The number of unbranched alkanes of at least 4 members (excludes halogenated alkanes) is 2. The molecule has 1 aromatic carbocycles. The minimum Gasteiger partial charge on any atom is -0.469 e. The molecule has 106 valence electrons. The van der Waals surface area contributed by atoms with Gasteiger partial charge < -0.3 is 10.1 Å². The standard InChI is InChI=1S/C15H18N2O3/c1-20-15(19)10-4-2-3-9-14(18)17-13-8-6-5-7-12(13)11-16/h5-8H,2-4,9-10H2,1H3,(H,17,18). The quantitative estimate of drug-likeness (QED) is 0.612. The van der Waals surface area contributed by atoms with E-state index in [1.54, 1.807) is 24.3 Å². The average Bonchev–Trinajstić information content (AvgIpc) is 2.47. The Kier molecular flexibility index (Phi) is 6.83. The highest BCUT2D eigenvalue weighted by Crippen LogP contribution is 2.14. The fraction of sp³-hybridized carbons (Fsp3) is 0.400. The summed E-state index contributed by atoms with van der Waals surface area (Å²) in [5.74, 6) is -0.344. The molecule has 0 aliphatic heterocycles. The molecule has 5 nitrogen and oxygen atoms in total. The Hall–Kier alpha value is -2.35. The Morgan fingerprint density at radius 1 is 1.20 bits per heavy atom. The maximum absolute atomic E-state index is 11.7. The van der Waals surface area contributed by atoms with Crippen LogP contribution in [0.5, 0.6) is 0 Å². The summed E-state index contributed by atoms with van der Waals surface area (Å²) in [6, 6.07) is 8.91. The first-order valence-electron chi connectivity index (χ1n) is 6.53. The second-order valence-electron chi connectivity index (χ2n) is 4.34. The topological polar surface area (TPSA) is 79.2 Å². The zero-order valence-electron chi connectivity index (χ0n) is 11.5. The molecule has 0 saturated carbocycles. The van der Waals surface area contributed by atoms with Crippen molar-refractivity contribution in [3.05, 3.63) is 29.8 Å². The summed E-state index contributed by atoms with van der Waals surface area (Å²) in [4.78, 5) is 22.6. The van der Waals surface area contributed by atoms with Crippen molar-refractivity contribution in [3.8, 4) is 6.07 Å². The van der Waals surface area contributed by atoms with E-state index in [0.29, 0.717) is 36.9 Å². The van der Waals surface area contributed by atoms with Crippen LogP contribution < -0.4 is 5.32 Å². The summed E-state index contributed by atoms with van der Waals surface area (Å²) < 4.78 is 4.53. The van der Waals surface area contributed by atoms with E-state index in [9.17, 15) is 9.59 Å².